The lowest BCUT2D eigenvalue weighted by molar-refractivity contribution is -0.961. The van der Waals surface area contributed by atoms with Crippen molar-refractivity contribution in [3.63, 3.8) is 0 Å². The molecule has 1 N–H and O–H groups in total. The van der Waals surface area contributed by atoms with E-state index in [0.29, 0.717) is 17.9 Å². The van der Waals surface area contributed by atoms with Gasteiger partial charge in [0, 0.05) is 12.3 Å². The maximum Gasteiger partial charge on any atom is 0.103 e. The fraction of sp³-hybridized carbons (Fsp3) is 1.00. The van der Waals surface area contributed by atoms with Gasteiger partial charge in [0.05, 0.1) is 31.9 Å². The number of ether oxygens (including phenoxy) is 1. The Kier molecular flexibility index (Phi) is 4.95. The topological polar surface area (TPSA) is 29.5 Å². The van der Waals surface area contributed by atoms with Gasteiger partial charge >= 0.3 is 0 Å². The van der Waals surface area contributed by atoms with Gasteiger partial charge in [-0.3, -0.25) is 0 Å². The zero-order chi connectivity index (χ0) is 11.9. The number of morpholine rings is 1. The van der Waals surface area contributed by atoms with Crippen molar-refractivity contribution in [2.24, 2.45) is 11.8 Å². The van der Waals surface area contributed by atoms with E-state index < -0.39 is 0 Å². The summed E-state index contributed by atoms with van der Waals surface area (Å²) in [6, 6.07) is 0.706. The van der Waals surface area contributed by atoms with Crippen LogP contribution in [0, 0.1) is 11.8 Å². The summed E-state index contributed by atoms with van der Waals surface area (Å²) in [6.07, 6.45) is 5.11. The van der Waals surface area contributed by atoms with Crippen LogP contribution in [0.15, 0.2) is 0 Å². The highest BCUT2D eigenvalue weighted by Gasteiger charge is 2.51. The van der Waals surface area contributed by atoms with Crippen LogP contribution in [0.3, 0.4) is 0 Å². The van der Waals surface area contributed by atoms with E-state index in [0.717, 1.165) is 26.3 Å². The smallest absolute Gasteiger partial charge is 0.103 e. The molecule has 2 saturated carbocycles. The summed E-state index contributed by atoms with van der Waals surface area (Å²) in [7, 11) is 0. The molecule has 3 nitrogen and oxygen atoms in total. The van der Waals surface area contributed by atoms with Crippen LogP contribution >= 0.6 is 0 Å². The van der Waals surface area contributed by atoms with Gasteiger partial charge in [0.25, 0.3) is 0 Å². The molecule has 1 saturated heterocycles. The number of rotatable bonds is 2. The van der Waals surface area contributed by atoms with Crippen LogP contribution in [0.5, 0.6) is 0 Å². The van der Waals surface area contributed by atoms with Crippen molar-refractivity contribution in [2.75, 3.05) is 32.8 Å². The molecule has 0 aromatic heterocycles. The summed E-state index contributed by atoms with van der Waals surface area (Å²) in [4.78, 5) is 0. The summed E-state index contributed by atoms with van der Waals surface area (Å²) in [5.74, 6) is 1.20. The highest BCUT2D eigenvalue weighted by atomic mass is 127. The average molecular weight is 367 g/mol. The first-order valence-corrected chi connectivity index (χ1v) is 7.38. The summed E-state index contributed by atoms with van der Waals surface area (Å²) in [5.41, 5.74) is 0. The standard InChI is InChI=1S/C14H26NO2.HI/c1-2-15(7-9-17-10-8-15)13-6-4-11-3-5-12(13)14(11)16;/h11-14,16H,2-10H2,1H3;1H/q+1;/p-1. The zero-order valence-electron chi connectivity index (χ0n) is 11.4. The zero-order valence-corrected chi connectivity index (χ0v) is 13.5. The Morgan fingerprint density at radius 1 is 1.11 bits per heavy atom. The van der Waals surface area contributed by atoms with Crippen molar-refractivity contribution in [3.05, 3.63) is 0 Å². The molecule has 106 valence electrons. The lowest BCUT2D eigenvalue weighted by atomic mass is 9.80. The third-order valence-corrected chi connectivity index (χ3v) is 5.82. The molecule has 0 spiro atoms. The Bertz CT molecular complexity index is 281. The normalized spacial score (nSPS) is 42.3. The molecule has 0 aromatic carbocycles. The molecule has 4 unspecified atom stereocenters. The van der Waals surface area contributed by atoms with Crippen LogP contribution in [0.1, 0.15) is 32.6 Å². The molecule has 3 rings (SSSR count). The van der Waals surface area contributed by atoms with Crippen LogP contribution < -0.4 is 24.0 Å². The second-order valence-electron chi connectivity index (χ2n) is 6.23. The molecule has 0 amide bonds. The fourth-order valence-electron chi connectivity index (χ4n) is 4.70. The maximum absolute atomic E-state index is 10.4. The molecule has 3 fully saturated rings. The van der Waals surface area contributed by atoms with Crippen LogP contribution in [0.4, 0.5) is 0 Å². The van der Waals surface area contributed by atoms with Crippen molar-refractivity contribution in [3.8, 4) is 0 Å². The third kappa shape index (κ3) is 2.34. The van der Waals surface area contributed by atoms with E-state index in [9.17, 15) is 5.11 Å². The van der Waals surface area contributed by atoms with Crippen LogP contribution in [0.25, 0.3) is 0 Å². The molecule has 2 bridgehead atoms. The summed E-state index contributed by atoms with van der Waals surface area (Å²) < 4.78 is 6.76. The molecule has 0 radical (unpaired) electrons. The van der Waals surface area contributed by atoms with E-state index in [2.05, 4.69) is 6.92 Å². The fourth-order valence-corrected chi connectivity index (χ4v) is 4.70. The number of fused-ring (bicyclic) bond motifs is 2. The first kappa shape index (κ1) is 15.0. The second-order valence-corrected chi connectivity index (χ2v) is 6.23. The third-order valence-electron chi connectivity index (χ3n) is 5.82. The molecule has 1 heterocycles. The summed E-state index contributed by atoms with van der Waals surface area (Å²) in [6.45, 7) is 7.68. The van der Waals surface area contributed by atoms with Crippen LogP contribution in [-0.2, 0) is 4.74 Å². The van der Waals surface area contributed by atoms with Crippen LogP contribution in [-0.4, -0.2) is 54.6 Å². The molecular formula is C14H26INO2. The molecular weight excluding hydrogens is 341 g/mol. The number of likely N-dealkylation sites (N-methyl/N-ethyl adjacent to an activating group) is 1. The van der Waals surface area contributed by atoms with Crippen molar-refractivity contribution in [2.45, 2.75) is 44.8 Å². The monoisotopic (exact) mass is 367 g/mol. The Labute approximate surface area is 127 Å². The van der Waals surface area contributed by atoms with Crippen molar-refractivity contribution in [1.29, 1.82) is 0 Å². The van der Waals surface area contributed by atoms with Gasteiger partial charge in [-0.1, -0.05) is 0 Å². The first-order valence-electron chi connectivity index (χ1n) is 7.38. The molecule has 0 aromatic rings. The van der Waals surface area contributed by atoms with Crippen LogP contribution in [0.2, 0.25) is 0 Å². The highest BCUT2D eigenvalue weighted by Crippen LogP contribution is 2.46. The largest absolute Gasteiger partial charge is 1.00 e. The van der Waals surface area contributed by atoms with Gasteiger partial charge in [0.15, 0.2) is 0 Å². The Hall–Kier alpha value is 0.610. The predicted octanol–water partition coefficient (Wildman–Crippen LogP) is -1.59. The lowest BCUT2D eigenvalue weighted by Crippen LogP contribution is -3.00. The molecule has 2 aliphatic carbocycles. The van der Waals surface area contributed by atoms with Gasteiger partial charge in [-0.2, -0.15) is 0 Å². The minimum Gasteiger partial charge on any atom is -1.00 e. The number of halogens is 1. The lowest BCUT2D eigenvalue weighted by Gasteiger charge is -2.51. The van der Waals surface area contributed by atoms with E-state index in [1.165, 1.54) is 36.7 Å². The first-order chi connectivity index (χ1) is 8.27. The quantitative estimate of drug-likeness (QED) is 0.471. The van der Waals surface area contributed by atoms with Gasteiger partial charge in [0.2, 0.25) is 0 Å². The van der Waals surface area contributed by atoms with E-state index >= 15 is 0 Å². The molecule has 4 atom stereocenters. The Balaban J connectivity index is 0.00000120. The highest BCUT2D eigenvalue weighted by molar-refractivity contribution is 4.94. The molecule has 3 aliphatic rings. The van der Waals surface area contributed by atoms with Gasteiger partial charge in [-0.15, -0.1) is 0 Å². The Morgan fingerprint density at radius 3 is 2.44 bits per heavy atom. The van der Waals surface area contributed by atoms with Gasteiger partial charge in [-0.05, 0) is 32.1 Å². The van der Waals surface area contributed by atoms with Crippen molar-refractivity contribution >= 4 is 0 Å². The predicted molar refractivity (Wildman–Crippen MR) is 66.6 cm³/mol. The molecule has 1 aliphatic heterocycles. The number of quaternary nitrogens is 1. The maximum atomic E-state index is 10.4. The van der Waals surface area contributed by atoms with E-state index in [4.69, 9.17) is 4.74 Å². The second kappa shape index (κ2) is 5.94. The summed E-state index contributed by atoms with van der Waals surface area (Å²) >= 11 is 0. The number of aliphatic hydroxyl groups is 1. The average Bonchev–Trinajstić information content (AvgIpc) is 2.63. The van der Waals surface area contributed by atoms with E-state index in [1.54, 1.807) is 0 Å². The van der Waals surface area contributed by atoms with Crippen molar-refractivity contribution in [1.82, 2.24) is 0 Å². The number of hydrogen-bond acceptors (Lipinski definition) is 2. The van der Waals surface area contributed by atoms with E-state index in [1.807, 2.05) is 0 Å². The SMILES string of the molecule is CC[N+]1(C2CCC3CCC2C3O)CCOCC1.[I-]. The van der Waals surface area contributed by atoms with Gasteiger partial charge in [0.1, 0.15) is 13.1 Å². The number of hydrogen-bond donors (Lipinski definition) is 1. The van der Waals surface area contributed by atoms with Gasteiger partial charge in [-0.25, -0.2) is 0 Å². The van der Waals surface area contributed by atoms with Gasteiger partial charge < -0.3 is 38.3 Å². The molecule has 4 heteroatoms. The Morgan fingerprint density at radius 2 is 1.78 bits per heavy atom. The number of aliphatic hydroxyl groups excluding tert-OH is 1. The minimum absolute atomic E-state index is 0. The minimum atomic E-state index is -0.00172. The van der Waals surface area contributed by atoms with Crippen molar-refractivity contribution < 1.29 is 38.3 Å². The number of nitrogens with zero attached hydrogens (tertiary/aromatic N) is 1. The van der Waals surface area contributed by atoms with E-state index in [-0.39, 0.29) is 30.1 Å². The molecule has 18 heavy (non-hydrogen) atoms. The summed E-state index contributed by atoms with van der Waals surface area (Å²) in [5, 5.41) is 10.4.